The summed E-state index contributed by atoms with van der Waals surface area (Å²) < 4.78 is 16.0. The summed E-state index contributed by atoms with van der Waals surface area (Å²) in [6, 6.07) is 12.9. The van der Waals surface area contributed by atoms with Gasteiger partial charge in [-0.3, -0.25) is 9.59 Å². The van der Waals surface area contributed by atoms with E-state index in [4.69, 9.17) is 19.5 Å². The first-order valence-electron chi connectivity index (χ1n) is 8.94. The third kappa shape index (κ3) is 4.90. The van der Waals surface area contributed by atoms with Gasteiger partial charge in [-0.25, -0.2) is 4.79 Å². The molecule has 0 saturated carbocycles. The van der Waals surface area contributed by atoms with Crippen molar-refractivity contribution in [2.45, 2.75) is 6.42 Å². The first-order valence-corrected chi connectivity index (χ1v) is 8.94. The Bertz CT molecular complexity index is 979. The molecule has 2 aromatic carbocycles. The maximum atomic E-state index is 13.0. The number of carbonyl (C=O) groups is 3. The quantitative estimate of drug-likeness (QED) is 0.433. The number of fused-ring (bicyclic) bond motifs is 1. The number of nitrogens with zero attached hydrogens (tertiary/aromatic N) is 1. The highest BCUT2D eigenvalue weighted by atomic mass is 16.6. The molecule has 148 valence electrons. The minimum absolute atomic E-state index is 0.0530. The van der Waals surface area contributed by atoms with Crippen LogP contribution in [-0.4, -0.2) is 44.0 Å². The fraction of sp³-hybridized carbons (Fsp3) is 0.238. The van der Waals surface area contributed by atoms with Gasteiger partial charge in [-0.15, -0.1) is 0 Å². The van der Waals surface area contributed by atoms with Crippen molar-refractivity contribution in [3.8, 4) is 17.6 Å². The number of esters is 1. The van der Waals surface area contributed by atoms with E-state index in [1.54, 1.807) is 30.3 Å². The summed E-state index contributed by atoms with van der Waals surface area (Å²) in [7, 11) is 0. The van der Waals surface area contributed by atoms with Crippen molar-refractivity contribution in [2.24, 2.45) is 0 Å². The number of hydrogen-bond acceptors (Lipinski definition) is 7. The molecule has 8 heteroatoms. The summed E-state index contributed by atoms with van der Waals surface area (Å²) in [5.41, 5.74) is 0.542. The fourth-order valence-electron chi connectivity index (χ4n) is 2.72. The van der Waals surface area contributed by atoms with Crippen LogP contribution in [0.5, 0.6) is 11.5 Å². The number of benzene rings is 2. The number of ketones is 1. The Morgan fingerprint density at radius 2 is 1.76 bits per heavy atom. The lowest BCUT2D eigenvalue weighted by Crippen LogP contribution is -2.29. The molecule has 0 saturated heterocycles. The Hall–Kier alpha value is -3.86. The van der Waals surface area contributed by atoms with E-state index < -0.39 is 18.5 Å². The molecule has 0 aliphatic carbocycles. The highest BCUT2D eigenvalue weighted by Gasteiger charge is 2.22. The fourth-order valence-corrected chi connectivity index (χ4v) is 2.72. The smallest absolute Gasteiger partial charge is 0.339 e. The zero-order valence-corrected chi connectivity index (χ0v) is 15.5. The third-order valence-corrected chi connectivity index (χ3v) is 4.09. The Morgan fingerprint density at radius 3 is 2.52 bits per heavy atom. The number of carbonyl (C=O) groups excluding carboxylic acids is 3. The molecule has 0 atom stereocenters. The van der Waals surface area contributed by atoms with Gasteiger partial charge in [-0.05, 0) is 24.3 Å². The van der Waals surface area contributed by atoms with Gasteiger partial charge < -0.3 is 19.5 Å². The van der Waals surface area contributed by atoms with Crippen LogP contribution >= 0.6 is 0 Å². The molecule has 8 nitrogen and oxygen atoms in total. The minimum Gasteiger partial charge on any atom is -0.486 e. The number of rotatable bonds is 7. The van der Waals surface area contributed by atoms with Crippen molar-refractivity contribution in [3.05, 3.63) is 59.2 Å². The predicted octanol–water partition coefficient (Wildman–Crippen LogP) is 1.88. The average Bonchev–Trinajstić information content (AvgIpc) is 2.76. The van der Waals surface area contributed by atoms with E-state index in [1.165, 1.54) is 12.1 Å². The van der Waals surface area contributed by atoms with Crippen LogP contribution in [0.3, 0.4) is 0 Å². The van der Waals surface area contributed by atoms with Crippen LogP contribution in [-0.2, 0) is 9.53 Å². The van der Waals surface area contributed by atoms with Gasteiger partial charge in [-0.2, -0.15) is 5.26 Å². The molecule has 0 radical (unpaired) electrons. The molecule has 2 aromatic rings. The summed E-state index contributed by atoms with van der Waals surface area (Å²) in [6.45, 7) is 0.506. The summed E-state index contributed by atoms with van der Waals surface area (Å²) >= 11 is 0. The van der Waals surface area contributed by atoms with Gasteiger partial charge in [0.05, 0.1) is 18.1 Å². The van der Waals surface area contributed by atoms with Crippen molar-refractivity contribution in [2.75, 3.05) is 26.4 Å². The second-order valence-corrected chi connectivity index (χ2v) is 6.07. The molecular formula is C21H18N2O6. The molecule has 0 spiro atoms. The van der Waals surface area contributed by atoms with Gasteiger partial charge in [0.15, 0.2) is 23.9 Å². The maximum Gasteiger partial charge on any atom is 0.339 e. The van der Waals surface area contributed by atoms with Crippen molar-refractivity contribution < 1.29 is 28.6 Å². The number of ether oxygens (including phenoxy) is 3. The molecule has 1 N–H and O–H groups in total. The number of hydrogen-bond donors (Lipinski definition) is 1. The first kappa shape index (κ1) is 19.9. The van der Waals surface area contributed by atoms with Crippen molar-refractivity contribution in [1.29, 1.82) is 5.26 Å². The summed E-state index contributed by atoms with van der Waals surface area (Å²) in [4.78, 5) is 37.0. The zero-order valence-electron chi connectivity index (χ0n) is 15.5. The summed E-state index contributed by atoms with van der Waals surface area (Å²) in [5.74, 6) is -0.668. The van der Waals surface area contributed by atoms with Gasteiger partial charge in [-0.1, -0.05) is 18.2 Å². The second-order valence-electron chi connectivity index (χ2n) is 6.07. The molecule has 0 unspecified atom stereocenters. The van der Waals surface area contributed by atoms with E-state index in [1.807, 2.05) is 6.07 Å². The van der Waals surface area contributed by atoms with E-state index in [2.05, 4.69) is 5.32 Å². The van der Waals surface area contributed by atoms with E-state index in [9.17, 15) is 14.4 Å². The number of nitrogens with one attached hydrogen (secondary N) is 1. The molecule has 3 rings (SSSR count). The van der Waals surface area contributed by atoms with Crippen LogP contribution < -0.4 is 14.8 Å². The van der Waals surface area contributed by atoms with Crippen LogP contribution in [0.15, 0.2) is 42.5 Å². The topological polar surface area (TPSA) is 115 Å². The van der Waals surface area contributed by atoms with Crippen LogP contribution in [0.4, 0.5) is 0 Å². The SMILES string of the molecule is N#CCCNC(=O)COC(=O)c1ccccc1C(=O)c1ccc2c(c1)OCCO2. The van der Waals surface area contributed by atoms with Gasteiger partial charge >= 0.3 is 5.97 Å². The van der Waals surface area contributed by atoms with Gasteiger partial charge in [0.2, 0.25) is 0 Å². The number of amides is 1. The van der Waals surface area contributed by atoms with E-state index in [0.717, 1.165) is 0 Å². The van der Waals surface area contributed by atoms with E-state index in [-0.39, 0.29) is 29.9 Å². The molecule has 29 heavy (non-hydrogen) atoms. The van der Waals surface area contributed by atoms with Crippen LogP contribution in [0.25, 0.3) is 0 Å². The standard InChI is InChI=1S/C21H18N2O6/c22-8-3-9-23-19(24)13-29-21(26)16-5-2-1-4-15(16)20(25)14-6-7-17-18(12-14)28-11-10-27-17/h1-2,4-7,12H,3,9-11,13H2,(H,23,24). The molecular weight excluding hydrogens is 376 g/mol. The zero-order chi connectivity index (χ0) is 20.6. The average molecular weight is 394 g/mol. The summed E-state index contributed by atoms with van der Waals surface area (Å²) in [5, 5.41) is 10.9. The molecule has 0 fully saturated rings. The first-order chi connectivity index (χ1) is 14.1. The molecule has 1 aliphatic heterocycles. The maximum absolute atomic E-state index is 13.0. The Morgan fingerprint density at radius 1 is 1.03 bits per heavy atom. The van der Waals surface area contributed by atoms with Gasteiger partial charge in [0.1, 0.15) is 13.2 Å². The lowest BCUT2D eigenvalue weighted by molar-refractivity contribution is -0.124. The van der Waals surface area contributed by atoms with E-state index in [0.29, 0.717) is 30.3 Å². The molecule has 0 bridgehead atoms. The largest absolute Gasteiger partial charge is 0.486 e. The Labute approximate surface area is 167 Å². The predicted molar refractivity (Wildman–Crippen MR) is 101 cm³/mol. The van der Waals surface area contributed by atoms with Crippen molar-refractivity contribution in [3.63, 3.8) is 0 Å². The van der Waals surface area contributed by atoms with E-state index >= 15 is 0 Å². The molecule has 1 amide bonds. The van der Waals surface area contributed by atoms with Crippen molar-refractivity contribution in [1.82, 2.24) is 5.32 Å². The second kappa shape index (κ2) is 9.37. The summed E-state index contributed by atoms with van der Waals surface area (Å²) in [6.07, 6.45) is 0.159. The van der Waals surface area contributed by atoms with Crippen LogP contribution in [0, 0.1) is 11.3 Å². The minimum atomic E-state index is -0.790. The normalized spacial score (nSPS) is 11.8. The Kier molecular flexibility index (Phi) is 6.43. The highest BCUT2D eigenvalue weighted by Crippen LogP contribution is 2.31. The number of nitriles is 1. The van der Waals surface area contributed by atoms with Crippen LogP contribution in [0.1, 0.15) is 32.7 Å². The monoisotopic (exact) mass is 394 g/mol. The highest BCUT2D eigenvalue weighted by molar-refractivity contribution is 6.14. The van der Waals surface area contributed by atoms with Gasteiger partial charge in [0.25, 0.3) is 5.91 Å². The van der Waals surface area contributed by atoms with Gasteiger partial charge in [0, 0.05) is 17.7 Å². The molecule has 1 aliphatic rings. The molecule has 1 heterocycles. The third-order valence-electron chi connectivity index (χ3n) is 4.09. The molecule has 0 aromatic heterocycles. The van der Waals surface area contributed by atoms with Crippen LogP contribution in [0.2, 0.25) is 0 Å². The lowest BCUT2D eigenvalue weighted by atomic mass is 9.98. The Balaban J connectivity index is 1.73. The lowest BCUT2D eigenvalue weighted by Gasteiger charge is -2.18. The van der Waals surface area contributed by atoms with Crippen molar-refractivity contribution >= 4 is 17.7 Å².